The zero-order valence-corrected chi connectivity index (χ0v) is 18.0. The second kappa shape index (κ2) is 8.41. The van der Waals surface area contributed by atoms with Gasteiger partial charge in [0.1, 0.15) is 6.04 Å². The van der Waals surface area contributed by atoms with Gasteiger partial charge in [-0.3, -0.25) is 14.4 Å². The Morgan fingerprint density at radius 1 is 1.18 bits per heavy atom. The minimum atomic E-state index is -4.75. The summed E-state index contributed by atoms with van der Waals surface area (Å²) in [4.78, 5) is 42.5. The van der Waals surface area contributed by atoms with Gasteiger partial charge in [0.2, 0.25) is 17.6 Å². The molecule has 0 radical (unpaired) electrons. The van der Waals surface area contributed by atoms with E-state index in [9.17, 15) is 27.6 Å². The van der Waals surface area contributed by atoms with Crippen molar-refractivity contribution in [3.05, 3.63) is 35.2 Å². The first-order valence-corrected chi connectivity index (χ1v) is 11.2. The second-order valence-electron chi connectivity index (χ2n) is 8.85. The number of carbonyl (C=O) groups is 3. The normalized spacial score (nSPS) is 24.8. The Labute approximate surface area is 192 Å². The number of halogens is 3. The summed E-state index contributed by atoms with van der Waals surface area (Å²) in [5, 5.41) is 9.08. The van der Waals surface area contributed by atoms with Crippen molar-refractivity contribution in [2.45, 2.75) is 69.4 Å². The van der Waals surface area contributed by atoms with Crippen LogP contribution in [0.1, 0.15) is 60.3 Å². The van der Waals surface area contributed by atoms with E-state index in [1.54, 1.807) is 17.0 Å². The molecule has 12 heteroatoms. The van der Waals surface area contributed by atoms with E-state index >= 15 is 0 Å². The molecule has 1 aliphatic carbocycles. The second-order valence-corrected chi connectivity index (χ2v) is 8.85. The maximum Gasteiger partial charge on any atom is 0.471 e. The Bertz CT molecular complexity index is 1150. The molecule has 3 aliphatic rings. The van der Waals surface area contributed by atoms with E-state index in [2.05, 4.69) is 25.3 Å². The molecular formula is C22H22F3N5O4. The van der Waals surface area contributed by atoms with Gasteiger partial charge >= 0.3 is 12.1 Å². The van der Waals surface area contributed by atoms with Gasteiger partial charge in [-0.05, 0) is 30.9 Å². The number of benzene rings is 1. The number of fused-ring (bicyclic) bond motifs is 1. The molecule has 3 heterocycles. The van der Waals surface area contributed by atoms with Crippen molar-refractivity contribution in [3.8, 4) is 11.4 Å². The lowest BCUT2D eigenvalue weighted by molar-refractivity contribution is -0.159. The highest BCUT2D eigenvalue weighted by molar-refractivity contribution is 5.99. The third kappa shape index (κ3) is 4.12. The van der Waals surface area contributed by atoms with Crippen LogP contribution < -0.4 is 10.6 Å². The Morgan fingerprint density at radius 2 is 1.97 bits per heavy atom. The number of amides is 3. The lowest BCUT2D eigenvalue weighted by atomic mass is 9.89. The van der Waals surface area contributed by atoms with E-state index in [4.69, 9.17) is 0 Å². The number of aromatic nitrogens is 2. The third-order valence-electron chi connectivity index (χ3n) is 6.64. The third-order valence-corrected chi connectivity index (χ3v) is 6.64. The summed E-state index contributed by atoms with van der Waals surface area (Å²) in [5.41, 5.74) is 1.36. The van der Waals surface area contributed by atoms with E-state index in [-0.39, 0.29) is 41.2 Å². The van der Waals surface area contributed by atoms with E-state index in [1.807, 2.05) is 0 Å². The van der Waals surface area contributed by atoms with Gasteiger partial charge in [-0.15, -0.1) is 0 Å². The molecule has 1 unspecified atom stereocenters. The van der Waals surface area contributed by atoms with E-state index in [1.165, 1.54) is 6.07 Å². The molecule has 2 aromatic rings. The number of nitrogens with zero attached hydrogens (tertiary/aromatic N) is 3. The van der Waals surface area contributed by atoms with Gasteiger partial charge < -0.3 is 20.1 Å². The molecule has 5 rings (SSSR count). The highest BCUT2D eigenvalue weighted by atomic mass is 19.4. The number of alkyl halides is 3. The van der Waals surface area contributed by atoms with Crippen molar-refractivity contribution in [1.82, 2.24) is 25.7 Å². The van der Waals surface area contributed by atoms with Gasteiger partial charge in [-0.1, -0.05) is 30.1 Å². The van der Waals surface area contributed by atoms with Crippen molar-refractivity contribution in [1.29, 1.82) is 0 Å². The molecule has 1 saturated carbocycles. The fourth-order valence-electron chi connectivity index (χ4n) is 4.93. The van der Waals surface area contributed by atoms with Crippen LogP contribution in [-0.4, -0.2) is 50.9 Å². The Hall–Kier alpha value is -3.44. The Kier molecular flexibility index (Phi) is 5.53. The zero-order valence-electron chi connectivity index (χ0n) is 18.0. The van der Waals surface area contributed by atoms with Crippen molar-refractivity contribution in [3.63, 3.8) is 0 Å². The summed E-state index contributed by atoms with van der Waals surface area (Å²) in [5.74, 6) is -2.34. The number of hydrogen-bond acceptors (Lipinski definition) is 6. The van der Waals surface area contributed by atoms with E-state index in [0.717, 1.165) is 18.4 Å². The number of hydrogen-bond donors (Lipinski definition) is 2. The largest absolute Gasteiger partial charge is 0.471 e. The van der Waals surface area contributed by atoms with Crippen molar-refractivity contribution >= 4 is 17.7 Å². The first-order chi connectivity index (χ1) is 16.2. The fourth-order valence-corrected chi connectivity index (χ4v) is 4.93. The van der Waals surface area contributed by atoms with Crippen LogP contribution in [0.3, 0.4) is 0 Å². The quantitative estimate of drug-likeness (QED) is 0.699. The van der Waals surface area contributed by atoms with Crippen LogP contribution in [0.2, 0.25) is 0 Å². The predicted octanol–water partition coefficient (Wildman–Crippen LogP) is 2.42. The van der Waals surface area contributed by atoms with Crippen molar-refractivity contribution < 1.29 is 32.1 Å². The molecule has 1 saturated heterocycles. The minimum Gasteiger partial charge on any atom is -0.350 e. The van der Waals surface area contributed by atoms with Crippen LogP contribution in [0.5, 0.6) is 0 Å². The van der Waals surface area contributed by atoms with Crippen LogP contribution in [0.4, 0.5) is 13.2 Å². The predicted molar refractivity (Wildman–Crippen MR) is 110 cm³/mol. The van der Waals surface area contributed by atoms with Gasteiger partial charge in [-0.25, -0.2) is 0 Å². The lowest BCUT2D eigenvalue weighted by Gasteiger charge is -2.38. The van der Waals surface area contributed by atoms with Gasteiger partial charge in [0.15, 0.2) is 0 Å². The molecule has 0 spiro atoms. The summed E-state index contributed by atoms with van der Waals surface area (Å²) < 4.78 is 42.7. The summed E-state index contributed by atoms with van der Waals surface area (Å²) in [6.45, 7) is 0.339. The molecule has 3 atom stereocenters. The maximum atomic E-state index is 13.3. The molecule has 1 aromatic carbocycles. The molecule has 180 valence electrons. The van der Waals surface area contributed by atoms with Crippen LogP contribution in [0.25, 0.3) is 11.4 Å². The van der Waals surface area contributed by atoms with Gasteiger partial charge in [0.05, 0.1) is 6.04 Å². The molecule has 3 amide bonds. The van der Waals surface area contributed by atoms with E-state index in [0.29, 0.717) is 37.8 Å². The maximum absolute atomic E-state index is 13.3. The fraction of sp³-hybridized carbons (Fsp3) is 0.500. The highest BCUT2D eigenvalue weighted by Gasteiger charge is 2.41. The van der Waals surface area contributed by atoms with Crippen LogP contribution >= 0.6 is 0 Å². The summed E-state index contributed by atoms with van der Waals surface area (Å²) in [6.07, 6.45) is -0.733. The first kappa shape index (κ1) is 22.4. The molecule has 34 heavy (non-hydrogen) atoms. The SMILES string of the molecule is O=C1CCC(C(=O)N[C@@H]2CCCC[C@H]2N2Cc3ccc(-c4noc(C(F)(F)F)n4)cc3C2=O)N1. The lowest BCUT2D eigenvalue weighted by Crippen LogP contribution is -2.56. The molecule has 2 N–H and O–H groups in total. The highest BCUT2D eigenvalue weighted by Crippen LogP contribution is 2.34. The van der Waals surface area contributed by atoms with Crippen molar-refractivity contribution in [2.24, 2.45) is 0 Å². The summed E-state index contributed by atoms with van der Waals surface area (Å²) >= 11 is 0. The first-order valence-electron chi connectivity index (χ1n) is 11.2. The van der Waals surface area contributed by atoms with Gasteiger partial charge in [-0.2, -0.15) is 18.2 Å². The number of rotatable bonds is 4. The minimum absolute atomic E-state index is 0.148. The average Bonchev–Trinajstić information content (AvgIpc) is 3.53. The summed E-state index contributed by atoms with van der Waals surface area (Å²) in [7, 11) is 0. The van der Waals surface area contributed by atoms with E-state index < -0.39 is 18.1 Å². The number of nitrogens with one attached hydrogen (secondary N) is 2. The van der Waals surface area contributed by atoms with Gasteiger partial charge in [0, 0.05) is 30.1 Å². The van der Waals surface area contributed by atoms with Crippen LogP contribution in [0.15, 0.2) is 22.7 Å². The smallest absolute Gasteiger partial charge is 0.350 e. The zero-order chi connectivity index (χ0) is 24.0. The van der Waals surface area contributed by atoms with Crippen molar-refractivity contribution in [2.75, 3.05) is 0 Å². The molecular weight excluding hydrogens is 455 g/mol. The average molecular weight is 477 g/mol. The molecule has 1 aromatic heterocycles. The van der Waals surface area contributed by atoms with Crippen LogP contribution in [0, 0.1) is 0 Å². The van der Waals surface area contributed by atoms with Crippen LogP contribution in [-0.2, 0) is 22.3 Å². The van der Waals surface area contributed by atoms with Gasteiger partial charge in [0.25, 0.3) is 5.91 Å². The topological polar surface area (TPSA) is 117 Å². The summed E-state index contributed by atoms with van der Waals surface area (Å²) in [6, 6.07) is 3.69. The Morgan fingerprint density at radius 3 is 2.68 bits per heavy atom. The molecule has 2 fully saturated rings. The standard InChI is InChI=1S/C22H22F3N5O4/c23-22(24,25)21-28-18(29-34-21)11-5-6-12-10-30(20(33)13(12)9-11)16-4-2-1-3-14(16)27-19(32)15-7-8-17(31)26-15/h5-6,9,14-16H,1-4,7-8,10H2,(H,26,31)(H,27,32)/t14-,15?,16-/m1/s1. The number of carbonyl (C=O) groups excluding carboxylic acids is 3. The molecule has 0 bridgehead atoms. The Balaban J connectivity index is 1.33. The molecule has 2 aliphatic heterocycles. The molecule has 9 nitrogen and oxygen atoms in total. The monoisotopic (exact) mass is 477 g/mol.